The third-order valence-corrected chi connectivity index (χ3v) is 5.95. The van der Waals surface area contributed by atoms with Crippen LogP contribution in [-0.4, -0.2) is 27.1 Å². The van der Waals surface area contributed by atoms with Crippen molar-refractivity contribution < 1.29 is 18.7 Å². The highest BCUT2D eigenvalue weighted by molar-refractivity contribution is 5.96. The zero-order chi connectivity index (χ0) is 20.7. The van der Waals surface area contributed by atoms with E-state index in [-0.39, 0.29) is 17.6 Å². The molecule has 3 aromatic rings. The number of carbonyl (C=O) groups is 2. The summed E-state index contributed by atoms with van der Waals surface area (Å²) in [6.07, 6.45) is 5.40. The lowest BCUT2D eigenvalue weighted by Crippen LogP contribution is -2.36. The first-order valence-electron chi connectivity index (χ1n) is 9.85. The molecule has 30 heavy (non-hydrogen) atoms. The number of hydrogen-bond donors (Lipinski definition) is 2. The van der Waals surface area contributed by atoms with Crippen LogP contribution in [-0.2, 0) is 15.1 Å². The van der Waals surface area contributed by atoms with Gasteiger partial charge in [0.25, 0.3) is 0 Å². The highest BCUT2D eigenvalue weighted by Crippen LogP contribution is 2.47. The SMILES string of the molecule is O=C1OC2(CCC(C(=O)Nc3cn[nH]c3-c3cccc(F)c3)CC2)c2cccnc21. The molecule has 1 aromatic carbocycles. The molecule has 1 amide bonds. The van der Waals surface area contributed by atoms with E-state index in [1.807, 2.05) is 6.07 Å². The molecular weight excluding hydrogens is 387 g/mol. The van der Waals surface area contributed by atoms with Gasteiger partial charge in [-0.05, 0) is 43.9 Å². The molecule has 2 aliphatic rings. The lowest BCUT2D eigenvalue weighted by Gasteiger charge is -2.35. The van der Waals surface area contributed by atoms with Crippen molar-refractivity contribution in [1.29, 1.82) is 0 Å². The third-order valence-electron chi connectivity index (χ3n) is 5.95. The number of nitrogens with zero attached hydrogens (tertiary/aromatic N) is 2. The Kier molecular flexibility index (Phi) is 4.34. The average molecular weight is 406 g/mol. The van der Waals surface area contributed by atoms with E-state index >= 15 is 0 Å². The number of hydrogen-bond acceptors (Lipinski definition) is 5. The van der Waals surface area contributed by atoms with Gasteiger partial charge in [-0.2, -0.15) is 5.10 Å². The molecule has 1 aliphatic carbocycles. The summed E-state index contributed by atoms with van der Waals surface area (Å²) in [5.74, 6) is -1.10. The number of halogens is 1. The molecule has 1 saturated carbocycles. The van der Waals surface area contributed by atoms with E-state index in [2.05, 4.69) is 20.5 Å². The van der Waals surface area contributed by atoms with Crippen LogP contribution in [0, 0.1) is 11.7 Å². The van der Waals surface area contributed by atoms with Crippen LogP contribution in [0.25, 0.3) is 11.3 Å². The standard InChI is InChI=1S/C22H19FN4O3/c23-15-4-1-3-14(11-15)18-17(12-25-27-18)26-20(28)13-6-8-22(9-7-13)16-5-2-10-24-19(16)21(29)30-22/h1-5,10-13H,6-9H2,(H,25,27)(H,26,28). The van der Waals surface area contributed by atoms with Gasteiger partial charge in [0.1, 0.15) is 11.4 Å². The first kappa shape index (κ1) is 18.5. The van der Waals surface area contributed by atoms with Crippen LogP contribution in [0.4, 0.5) is 10.1 Å². The maximum Gasteiger partial charge on any atom is 0.358 e. The van der Waals surface area contributed by atoms with Gasteiger partial charge in [0.2, 0.25) is 5.91 Å². The fraction of sp³-hybridized carbons (Fsp3) is 0.273. The van der Waals surface area contributed by atoms with E-state index < -0.39 is 11.6 Å². The first-order valence-corrected chi connectivity index (χ1v) is 9.85. The predicted molar refractivity (Wildman–Crippen MR) is 106 cm³/mol. The van der Waals surface area contributed by atoms with Crippen molar-refractivity contribution in [3.63, 3.8) is 0 Å². The van der Waals surface area contributed by atoms with E-state index in [0.29, 0.717) is 48.3 Å². The minimum Gasteiger partial charge on any atom is -0.449 e. The number of benzene rings is 1. The fourth-order valence-electron chi connectivity index (χ4n) is 4.41. The average Bonchev–Trinajstić information content (AvgIpc) is 3.32. The van der Waals surface area contributed by atoms with Crippen LogP contribution in [0.15, 0.2) is 48.8 Å². The number of amides is 1. The summed E-state index contributed by atoms with van der Waals surface area (Å²) in [5.41, 5.74) is 2.18. The topological polar surface area (TPSA) is 97.0 Å². The Balaban J connectivity index is 1.29. The number of fused-ring (bicyclic) bond motifs is 2. The van der Waals surface area contributed by atoms with Gasteiger partial charge in [0.15, 0.2) is 5.69 Å². The summed E-state index contributed by atoms with van der Waals surface area (Å²) in [4.78, 5) is 29.2. The van der Waals surface area contributed by atoms with Crippen LogP contribution < -0.4 is 5.32 Å². The lowest BCUT2D eigenvalue weighted by molar-refractivity contribution is -0.122. The summed E-state index contributed by atoms with van der Waals surface area (Å²) < 4.78 is 19.3. The zero-order valence-electron chi connectivity index (χ0n) is 16.0. The summed E-state index contributed by atoms with van der Waals surface area (Å²) >= 11 is 0. The number of pyridine rings is 1. The Morgan fingerprint density at radius 2 is 2.07 bits per heavy atom. The van der Waals surface area contributed by atoms with Crippen molar-refractivity contribution in [2.24, 2.45) is 5.92 Å². The Labute approximate surface area is 171 Å². The van der Waals surface area contributed by atoms with Gasteiger partial charge in [0, 0.05) is 23.2 Å². The van der Waals surface area contributed by atoms with Crippen molar-refractivity contribution in [3.05, 3.63) is 65.9 Å². The molecule has 5 rings (SSSR count). The van der Waals surface area contributed by atoms with E-state index in [9.17, 15) is 14.0 Å². The van der Waals surface area contributed by atoms with Gasteiger partial charge < -0.3 is 10.1 Å². The van der Waals surface area contributed by atoms with Crippen molar-refractivity contribution in [3.8, 4) is 11.3 Å². The third kappa shape index (κ3) is 3.04. The minimum absolute atomic E-state index is 0.125. The predicted octanol–water partition coefficient (Wildman–Crippen LogP) is 3.81. The van der Waals surface area contributed by atoms with Crippen LogP contribution >= 0.6 is 0 Å². The molecule has 0 radical (unpaired) electrons. The number of ether oxygens (including phenoxy) is 1. The van der Waals surface area contributed by atoms with Crippen LogP contribution in [0.2, 0.25) is 0 Å². The molecule has 8 heteroatoms. The number of nitrogens with one attached hydrogen (secondary N) is 2. The fourth-order valence-corrected chi connectivity index (χ4v) is 4.41. The second-order valence-corrected chi connectivity index (χ2v) is 7.72. The summed E-state index contributed by atoms with van der Waals surface area (Å²) in [7, 11) is 0. The van der Waals surface area contributed by atoms with Crippen LogP contribution in [0.5, 0.6) is 0 Å². The van der Waals surface area contributed by atoms with Gasteiger partial charge in [0.05, 0.1) is 17.6 Å². The monoisotopic (exact) mass is 406 g/mol. The van der Waals surface area contributed by atoms with Crippen LogP contribution in [0.1, 0.15) is 41.7 Å². The summed E-state index contributed by atoms with van der Waals surface area (Å²) in [6, 6.07) is 9.77. The maximum absolute atomic E-state index is 13.6. The zero-order valence-corrected chi connectivity index (χ0v) is 16.0. The van der Waals surface area contributed by atoms with Gasteiger partial charge in [-0.25, -0.2) is 14.2 Å². The number of H-pyrrole nitrogens is 1. The smallest absolute Gasteiger partial charge is 0.358 e. The number of aromatic nitrogens is 3. The molecule has 0 saturated heterocycles. The largest absolute Gasteiger partial charge is 0.449 e. The molecule has 0 bridgehead atoms. The second kappa shape index (κ2) is 7.05. The molecular formula is C22H19FN4O3. The number of anilines is 1. The van der Waals surface area contributed by atoms with E-state index in [0.717, 1.165) is 5.56 Å². The molecule has 2 aromatic heterocycles. The Morgan fingerprint density at radius 3 is 2.87 bits per heavy atom. The summed E-state index contributed by atoms with van der Waals surface area (Å²) in [6.45, 7) is 0. The maximum atomic E-state index is 13.6. The number of esters is 1. The van der Waals surface area contributed by atoms with Crippen molar-refractivity contribution in [1.82, 2.24) is 15.2 Å². The van der Waals surface area contributed by atoms with Crippen molar-refractivity contribution >= 4 is 17.6 Å². The molecule has 3 heterocycles. The molecule has 2 N–H and O–H groups in total. The second-order valence-electron chi connectivity index (χ2n) is 7.72. The Hall–Kier alpha value is -3.55. The van der Waals surface area contributed by atoms with Gasteiger partial charge >= 0.3 is 5.97 Å². The molecule has 1 fully saturated rings. The molecule has 7 nitrogen and oxygen atoms in total. The number of aromatic amines is 1. The normalized spacial score (nSPS) is 22.6. The van der Waals surface area contributed by atoms with Gasteiger partial charge in [-0.1, -0.05) is 18.2 Å². The number of carbonyl (C=O) groups excluding carboxylic acids is 2. The highest BCUT2D eigenvalue weighted by atomic mass is 19.1. The molecule has 0 atom stereocenters. The molecule has 1 spiro atoms. The van der Waals surface area contributed by atoms with E-state index in [1.165, 1.54) is 18.3 Å². The molecule has 152 valence electrons. The summed E-state index contributed by atoms with van der Waals surface area (Å²) in [5, 5.41) is 9.72. The highest BCUT2D eigenvalue weighted by Gasteiger charge is 2.49. The quantitative estimate of drug-likeness (QED) is 0.645. The molecule has 0 unspecified atom stereocenters. The number of rotatable bonds is 3. The lowest BCUT2D eigenvalue weighted by atomic mass is 9.75. The molecule has 1 aliphatic heterocycles. The van der Waals surface area contributed by atoms with Gasteiger partial charge in [-0.15, -0.1) is 0 Å². The Bertz CT molecular complexity index is 1130. The van der Waals surface area contributed by atoms with Crippen LogP contribution in [0.3, 0.4) is 0 Å². The Morgan fingerprint density at radius 1 is 1.23 bits per heavy atom. The van der Waals surface area contributed by atoms with Gasteiger partial charge in [-0.3, -0.25) is 9.89 Å². The van der Waals surface area contributed by atoms with E-state index in [4.69, 9.17) is 4.74 Å². The minimum atomic E-state index is -0.681. The van der Waals surface area contributed by atoms with Crippen molar-refractivity contribution in [2.45, 2.75) is 31.3 Å². The van der Waals surface area contributed by atoms with Crippen molar-refractivity contribution in [2.75, 3.05) is 5.32 Å². The van der Waals surface area contributed by atoms with E-state index in [1.54, 1.807) is 24.4 Å². The first-order chi connectivity index (χ1) is 14.6.